The number of amides is 6. The third kappa shape index (κ3) is 11.7. The van der Waals surface area contributed by atoms with E-state index in [-0.39, 0.29) is 24.8 Å². The molecular weight excluding hydrogens is 1000 g/mol. The van der Waals surface area contributed by atoms with Gasteiger partial charge in [0.15, 0.2) is 23.7 Å². The molecule has 4 aliphatic rings. The van der Waals surface area contributed by atoms with Crippen molar-refractivity contribution in [2.45, 2.75) is 104 Å². The van der Waals surface area contributed by atoms with E-state index in [4.69, 9.17) is 25.0 Å². The zero-order valence-corrected chi connectivity index (χ0v) is 40.5. The number of aromatic nitrogens is 1. The summed E-state index contributed by atoms with van der Waals surface area (Å²) in [6, 6.07) is 2.79. The highest BCUT2D eigenvalue weighted by atomic mass is 16.6. The fourth-order valence-electron chi connectivity index (χ4n) is 9.32. The topological polar surface area (TPSA) is 457 Å². The largest absolute Gasteiger partial charge is 0.472 e. The Bertz CT molecular complexity index is 2820. The van der Waals surface area contributed by atoms with Gasteiger partial charge in [-0.1, -0.05) is 43.3 Å². The highest BCUT2D eigenvalue weighted by Gasteiger charge is 2.52. The van der Waals surface area contributed by atoms with E-state index < -0.39 is 159 Å². The molecule has 4 aliphatic heterocycles. The standard InChI is InChI=1S/C47H59N13O16/c1-19(21-5-3-2-4-6-21)31-41(71)53-24(12-20-7-8-28-23(11-20)55-44(75-28)22-9-10-74-18-22)40(70)58-32(34(64)25-13-51-46(48)56-25)43(73)59-33(42(72)54-26(16-61)39(69)50-15-30(63)57-31)35(65)27-14-52-47(49)60(27)45-38(68)37(67)36(66)29(17-62)76-45/h2-11,18-19,24-27,29,31-38,45,61-62,64-68H,12-17H2,1H3,(H2,49,52)(H,50,69)(H,53,71)(H,54,72)(H,57,63)(H,58,70)(H,59,73)(H3,48,51,56)/t19?,24-,25?,26+,27?,29-,31+,32+,33-,34?,35?,36-,37+,38+,45+/m1/s1. The van der Waals surface area contributed by atoms with Gasteiger partial charge in [-0.05, 0) is 29.3 Å². The maximum absolute atomic E-state index is 15.0. The molecule has 0 spiro atoms. The van der Waals surface area contributed by atoms with Crippen LogP contribution in [0.3, 0.4) is 0 Å². The van der Waals surface area contributed by atoms with Crippen molar-refractivity contribution in [1.29, 1.82) is 0 Å². The lowest BCUT2D eigenvalue weighted by molar-refractivity contribution is -0.260. The van der Waals surface area contributed by atoms with Crippen LogP contribution in [0.5, 0.6) is 0 Å². The van der Waals surface area contributed by atoms with Gasteiger partial charge in [0.1, 0.15) is 78.6 Å². The van der Waals surface area contributed by atoms with Crippen LogP contribution in [0.1, 0.15) is 24.0 Å². The molecule has 408 valence electrons. The number of hydrogen-bond acceptors (Lipinski definition) is 23. The molecule has 2 saturated heterocycles. The first kappa shape index (κ1) is 54.5. The number of hydrogen-bond donors (Lipinski definition) is 16. The number of rotatable bonds is 12. The first-order valence-corrected chi connectivity index (χ1v) is 24.0. The minimum atomic E-state index is -2.27. The summed E-state index contributed by atoms with van der Waals surface area (Å²) in [5.41, 5.74) is 14.3. The average Bonchev–Trinajstić information content (AvgIpc) is 4.27. The number of nitrogens with zero attached hydrogens (tertiary/aromatic N) is 4. The molecule has 0 aliphatic carbocycles. The van der Waals surface area contributed by atoms with E-state index in [0.717, 1.165) is 4.90 Å². The number of furan rings is 1. The molecule has 29 nitrogen and oxygen atoms in total. The molecule has 0 bridgehead atoms. The molecular formula is C47H59N13O16. The van der Waals surface area contributed by atoms with E-state index in [0.29, 0.717) is 27.8 Å². The molecule has 29 heteroatoms. The molecule has 15 atom stereocenters. The number of nitrogens with one attached hydrogen (secondary N) is 7. The lowest BCUT2D eigenvalue weighted by Crippen LogP contribution is -2.70. The summed E-state index contributed by atoms with van der Waals surface area (Å²) < 4.78 is 16.7. The number of fused-ring (bicyclic) bond motifs is 1. The summed E-state index contributed by atoms with van der Waals surface area (Å²) in [4.78, 5) is 100. The van der Waals surface area contributed by atoms with E-state index in [1.165, 1.54) is 12.5 Å². The number of aliphatic hydroxyl groups is 7. The Kier molecular flexibility index (Phi) is 16.8. The zero-order chi connectivity index (χ0) is 54.5. The number of oxazole rings is 1. The van der Waals surface area contributed by atoms with Gasteiger partial charge in [0.05, 0.1) is 56.8 Å². The van der Waals surface area contributed by atoms with Crippen molar-refractivity contribution in [2.24, 2.45) is 21.5 Å². The normalized spacial score (nSPS) is 30.5. The maximum atomic E-state index is 15.0. The number of nitrogens with two attached hydrogens (primary N) is 2. The maximum Gasteiger partial charge on any atom is 0.246 e. The third-order valence-electron chi connectivity index (χ3n) is 13.6. The first-order chi connectivity index (χ1) is 36.4. The van der Waals surface area contributed by atoms with Crippen LogP contribution in [-0.4, -0.2) is 211 Å². The van der Waals surface area contributed by atoms with Crippen LogP contribution in [0, 0.1) is 0 Å². The lowest BCUT2D eigenvalue weighted by Gasteiger charge is -2.46. The zero-order valence-electron chi connectivity index (χ0n) is 40.5. The highest BCUT2D eigenvalue weighted by Crippen LogP contribution is 2.30. The summed E-state index contributed by atoms with van der Waals surface area (Å²) in [5, 5.41) is 94.1. The first-order valence-electron chi connectivity index (χ1n) is 24.0. The Morgan fingerprint density at radius 3 is 2.12 bits per heavy atom. The van der Waals surface area contributed by atoms with E-state index in [1.54, 1.807) is 61.5 Å². The molecule has 5 unspecified atom stereocenters. The molecule has 4 aromatic rings. The predicted octanol–water partition coefficient (Wildman–Crippen LogP) is -7.21. The quantitative estimate of drug-likeness (QED) is 0.0627. The van der Waals surface area contributed by atoms with Gasteiger partial charge in [0, 0.05) is 12.3 Å². The molecule has 6 heterocycles. The fraction of sp³-hybridized carbons (Fsp3) is 0.468. The van der Waals surface area contributed by atoms with Crippen LogP contribution in [0.4, 0.5) is 0 Å². The molecule has 0 radical (unpaired) electrons. The number of aliphatic hydroxyl groups excluding tert-OH is 7. The van der Waals surface area contributed by atoms with Crippen LogP contribution in [0.15, 0.2) is 85.9 Å². The highest BCUT2D eigenvalue weighted by molar-refractivity contribution is 5.98. The Morgan fingerprint density at radius 1 is 0.737 bits per heavy atom. The molecule has 2 fully saturated rings. The summed E-state index contributed by atoms with van der Waals surface area (Å²) in [6.45, 7) is -1.91. The number of guanidine groups is 2. The van der Waals surface area contributed by atoms with Crippen LogP contribution >= 0.6 is 0 Å². The molecule has 76 heavy (non-hydrogen) atoms. The number of carbonyl (C=O) groups is 6. The van der Waals surface area contributed by atoms with Crippen LogP contribution < -0.4 is 48.7 Å². The Labute approximate surface area is 431 Å². The van der Waals surface area contributed by atoms with E-state index >= 15 is 0 Å². The van der Waals surface area contributed by atoms with Gasteiger partial charge in [-0.15, -0.1) is 0 Å². The van der Waals surface area contributed by atoms with Gasteiger partial charge in [0.25, 0.3) is 0 Å². The number of carbonyl (C=O) groups excluding carboxylic acids is 6. The second-order valence-corrected chi connectivity index (χ2v) is 18.6. The van der Waals surface area contributed by atoms with Gasteiger partial charge < -0.3 is 103 Å². The molecule has 8 rings (SSSR count). The van der Waals surface area contributed by atoms with Gasteiger partial charge in [0.2, 0.25) is 41.3 Å². The molecule has 2 aromatic heterocycles. The van der Waals surface area contributed by atoms with Crippen molar-refractivity contribution in [3.63, 3.8) is 0 Å². The van der Waals surface area contributed by atoms with Gasteiger partial charge in [-0.3, -0.25) is 38.8 Å². The predicted molar refractivity (Wildman–Crippen MR) is 261 cm³/mol. The Morgan fingerprint density at radius 2 is 1.43 bits per heavy atom. The summed E-state index contributed by atoms with van der Waals surface area (Å²) >= 11 is 0. The van der Waals surface area contributed by atoms with Crippen molar-refractivity contribution < 1.29 is 78.1 Å². The summed E-state index contributed by atoms with van der Waals surface area (Å²) in [7, 11) is 0. The van der Waals surface area contributed by atoms with Crippen molar-refractivity contribution in [2.75, 3.05) is 32.8 Å². The minimum Gasteiger partial charge on any atom is -0.472 e. The molecule has 6 amide bonds. The van der Waals surface area contributed by atoms with Crippen molar-refractivity contribution >= 4 is 58.5 Å². The molecule has 2 aromatic carbocycles. The van der Waals surface area contributed by atoms with E-state index in [1.807, 2.05) is 0 Å². The Balaban J connectivity index is 1.18. The molecule has 0 saturated carbocycles. The SMILES string of the molecule is CC(c1ccccc1)[C@@H]1NC(=O)CNC(=O)[C@H](CO)NC(=O)[C@@H](C(O)C2CN=C(N)N2[C@H]2O[C@H](CO)[C@@H](O)[C@H](O)[C@@H]2O)NC(=O)[C@H](C(O)C2CN=C(N)N2)NC(=O)[C@@H](Cc2ccc3oc(-c4ccoc4)nc3c2)NC1=O. The Hall–Kier alpha value is -7.77. The lowest BCUT2D eigenvalue weighted by atomic mass is 9.92. The van der Waals surface area contributed by atoms with Crippen molar-refractivity contribution in [1.82, 2.24) is 47.1 Å². The van der Waals surface area contributed by atoms with Crippen LogP contribution in [-0.2, 0) is 39.9 Å². The minimum absolute atomic E-state index is 0.144. The number of ether oxygens (including phenoxy) is 1. The summed E-state index contributed by atoms with van der Waals surface area (Å²) in [6.07, 6.45) is -10.7. The second-order valence-electron chi connectivity index (χ2n) is 18.6. The van der Waals surface area contributed by atoms with Crippen LogP contribution in [0.25, 0.3) is 22.6 Å². The van der Waals surface area contributed by atoms with E-state index in [2.05, 4.69) is 52.2 Å². The van der Waals surface area contributed by atoms with Crippen LogP contribution in [0.2, 0.25) is 0 Å². The second kappa shape index (κ2) is 23.4. The van der Waals surface area contributed by atoms with Crippen molar-refractivity contribution in [3.8, 4) is 11.5 Å². The number of benzene rings is 2. The van der Waals surface area contributed by atoms with Gasteiger partial charge in [-0.2, -0.15) is 0 Å². The van der Waals surface area contributed by atoms with Crippen molar-refractivity contribution in [3.05, 3.63) is 78.3 Å². The number of aliphatic imine (C=N–C) groups is 2. The van der Waals surface area contributed by atoms with Gasteiger partial charge in [-0.25, -0.2) is 4.98 Å². The van der Waals surface area contributed by atoms with E-state index in [9.17, 15) is 64.5 Å². The fourth-order valence-corrected chi connectivity index (χ4v) is 9.32. The summed E-state index contributed by atoms with van der Waals surface area (Å²) in [5.74, 6) is -7.99. The third-order valence-corrected chi connectivity index (χ3v) is 13.6. The monoisotopic (exact) mass is 1060 g/mol. The van der Waals surface area contributed by atoms with Gasteiger partial charge >= 0.3 is 0 Å². The average molecular weight is 1060 g/mol. The smallest absolute Gasteiger partial charge is 0.246 e. The molecule has 18 N–H and O–H groups in total.